The Kier molecular flexibility index (Phi) is 6.73. The Bertz CT molecular complexity index is 1070. The van der Waals surface area contributed by atoms with E-state index in [2.05, 4.69) is 61.8 Å². The lowest BCUT2D eigenvalue weighted by atomic mass is 10.1. The molecule has 1 aliphatic heterocycles. The molecule has 0 bridgehead atoms. The number of aromatic nitrogens is 4. The van der Waals surface area contributed by atoms with Crippen LogP contribution >= 0.6 is 0 Å². The highest BCUT2D eigenvalue weighted by molar-refractivity contribution is 5.88. The Morgan fingerprint density at radius 1 is 1.10 bits per heavy atom. The first kappa shape index (κ1) is 21.2. The molecule has 0 aliphatic carbocycles. The number of fused-ring (bicyclic) bond motifs is 1. The van der Waals surface area contributed by atoms with Crippen molar-refractivity contribution in [2.45, 2.75) is 32.9 Å². The Balaban J connectivity index is 1.54. The molecule has 0 unspecified atom stereocenters. The van der Waals surface area contributed by atoms with Crippen LogP contribution in [0.5, 0.6) is 0 Å². The maximum atomic E-state index is 13.2. The van der Waals surface area contributed by atoms with Gasteiger partial charge in [0.15, 0.2) is 0 Å². The third kappa shape index (κ3) is 5.18. The number of nitrogens with two attached hydrogens (primary N) is 1. The van der Waals surface area contributed by atoms with Gasteiger partial charge in [-0.15, -0.1) is 0 Å². The van der Waals surface area contributed by atoms with Crippen LogP contribution in [0.25, 0.3) is 10.9 Å². The molecule has 4 N–H and O–H groups in total. The molecule has 9 heteroatoms. The van der Waals surface area contributed by atoms with Gasteiger partial charge in [0.2, 0.25) is 5.95 Å². The van der Waals surface area contributed by atoms with E-state index in [0.717, 1.165) is 57.7 Å². The van der Waals surface area contributed by atoms with E-state index in [0.29, 0.717) is 23.3 Å². The summed E-state index contributed by atoms with van der Waals surface area (Å²) in [4.78, 5) is 24.0. The van der Waals surface area contributed by atoms with Gasteiger partial charge < -0.3 is 16.4 Å². The second kappa shape index (κ2) is 9.84. The predicted octanol–water partition coefficient (Wildman–Crippen LogP) is 1.43. The van der Waals surface area contributed by atoms with Gasteiger partial charge in [0, 0.05) is 39.3 Å². The minimum Gasteiger partial charge on any atom is -0.369 e. The van der Waals surface area contributed by atoms with Gasteiger partial charge in [-0.1, -0.05) is 37.6 Å². The molecular formula is C22H30N8O. The Morgan fingerprint density at radius 2 is 1.81 bits per heavy atom. The number of nitrogens with zero attached hydrogens (tertiary/aromatic N) is 5. The lowest BCUT2D eigenvalue weighted by Gasteiger charge is -2.27. The molecule has 9 nitrogen and oxygen atoms in total. The third-order valence-electron chi connectivity index (χ3n) is 5.52. The fourth-order valence-corrected chi connectivity index (χ4v) is 3.78. The summed E-state index contributed by atoms with van der Waals surface area (Å²) in [6.45, 7) is 8.39. The zero-order chi connectivity index (χ0) is 21.6. The van der Waals surface area contributed by atoms with E-state index in [9.17, 15) is 4.79 Å². The molecule has 2 aromatic heterocycles. The van der Waals surface area contributed by atoms with E-state index >= 15 is 0 Å². The van der Waals surface area contributed by atoms with E-state index in [4.69, 9.17) is 5.73 Å². The monoisotopic (exact) mass is 422 g/mol. The summed E-state index contributed by atoms with van der Waals surface area (Å²) >= 11 is 0. The average molecular weight is 423 g/mol. The molecule has 31 heavy (non-hydrogen) atoms. The van der Waals surface area contributed by atoms with Crippen molar-refractivity contribution in [3.63, 3.8) is 0 Å². The molecule has 1 aromatic carbocycles. The van der Waals surface area contributed by atoms with Crippen molar-refractivity contribution in [1.29, 1.82) is 0 Å². The standard InChI is InChI=1S/C22H30N8O/c1-2-3-8-25-20-19-18(27-22(23)28-20)13-26-30(21(19)31)15-17-6-4-16(5-7-17)14-29-11-9-24-10-12-29/h4-7,13,24H,2-3,8-12,14-15H2,1H3,(H3,23,25,27,28). The molecule has 1 aliphatic rings. The average Bonchev–Trinajstić information content (AvgIpc) is 2.77. The van der Waals surface area contributed by atoms with Crippen molar-refractivity contribution < 1.29 is 0 Å². The largest absolute Gasteiger partial charge is 0.369 e. The van der Waals surface area contributed by atoms with E-state index in [1.165, 1.54) is 10.2 Å². The summed E-state index contributed by atoms with van der Waals surface area (Å²) in [7, 11) is 0. The maximum absolute atomic E-state index is 13.2. The molecule has 4 rings (SSSR count). The van der Waals surface area contributed by atoms with Crippen molar-refractivity contribution in [2.75, 3.05) is 43.8 Å². The number of nitrogens with one attached hydrogen (secondary N) is 2. The highest BCUT2D eigenvalue weighted by Gasteiger charge is 2.14. The quantitative estimate of drug-likeness (QED) is 0.467. The fraction of sp³-hybridized carbons (Fsp3) is 0.455. The first-order valence-electron chi connectivity index (χ1n) is 10.9. The van der Waals surface area contributed by atoms with Gasteiger partial charge in [0.25, 0.3) is 5.56 Å². The normalized spacial score (nSPS) is 14.7. The van der Waals surface area contributed by atoms with E-state index in [1.54, 1.807) is 6.20 Å². The Hall–Kier alpha value is -3.04. The number of unbranched alkanes of at least 4 members (excludes halogenated alkanes) is 1. The van der Waals surface area contributed by atoms with Crippen molar-refractivity contribution in [3.05, 3.63) is 51.9 Å². The fourth-order valence-electron chi connectivity index (χ4n) is 3.78. The molecule has 164 valence electrons. The second-order valence-corrected chi connectivity index (χ2v) is 7.92. The minimum absolute atomic E-state index is 0.130. The number of nitrogen functional groups attached to an aromatic ring is 1. The van der Waals surface area contributed by atoms with Crippen LogP contribution in [0.1, 0.15) is 30.9 Å². The molecule has 0 saturated carbocycles. The summed E-state index contributed by atoms with van der Waals surface area (Å²) in [6, 6.07) is 8.39. The van der Waals surface area contributed by atoms with Gasteiger partial charge in [-0.25, -0.2) is 9.67 Å². The number of rotatable bonds is 8. The number of anilines is 2. The van der Waals surface area contributed by atoms with Crippen LogP contribution in [-0.4, -0.2) is 57.4 Å². The summed E-state index contributed by atoms with van der Waals surface area (Å²) in [5.74, 6) is 0.606. The third-order valence-corrected chi connectivity index (χ3v) is 5.52. The van der Waals surface area contributed by atoms with Gasteiger partial charge in [-0.05, 0) is 17.5 Å². The van der Waals surface area contributed by atoms with Crippen LogP contribution in [0.3, 0.4) is 0 Å². The van der Waals surface area contributed by atoms with Gasteiger partial charge >= 0.3 is 0 Å². The number of benzene rings is 1. The molecule has 0 amide bonds. The summed E-state index contributed by atoms with van der Waals surface area (Å²) in [5, 5.41) is 11.3. The SMILES string of the molecule is CCCCNc1nc(N)nc2cnn(Cc3ccc(CN4CCNCC4)cc3)c(=O)c12. The first-order chi connectivity index (χ1) is 15.1. The van der Waals surface area contributed by atoms with Crippen LogP contribution in [0.4, 0.5) is 11.8 Å². The molecule has 3 heterocycles. The van der Waals surface area contributed by atoms with Crippen molar-refractivity contribution in [2.24, 2.45) is 0 Å². The molecule has 1 saturated heterocycles. The van der Waals surface area contributed by atoms with E-state index in [-0.39, 0.29) is 11.5 Å². The minimum atomic E-state index is -0.221. The highest BCUT2D eigenvalue weighted by Crippen LogP contribution is 2.17. The zero-order valence-electron chi connectivity index (χ0n) is 18.0. The summed E-state index contributed by atoms with van der Waals surface area (Å²) in [5.41, 5.74) is 8.35. The van der Waals surface area contributed by atoms with Gasteiger partial charge in [-0.3, -0.25) is 9.69 Å². The van der Waals surface area contributed by atoms with Crippen molar-refractivity contribution >= 4 is 22.7 Å². The van der Waals surface area contributed by atoms with Crippen LogP contribution < -0.4 is 21.9 Å². The summed E-state index contributed by atoms with van der Waals surface area (Å²) in [6.07, 6.45) is 3.60. The van der Waals surface area contributed by atoms with Crippen molar-refractivity contribution in [1.82, 2.24) is 30.0 Å². The summed E-state index contributed by atoms with van der Waals surface area (Å²) < 4.78 is 1.46. The zero-order valence-corrected chi connectivity index (χ0v) is 18.0. The molecule has 0 atom stereocenters. The van der Waals surface area contributed by atoms with Crippen LogP contribution in [0.15, 0.2) is 35.3 Å². The van der Waals surface area contributed by atoms with Crippen LogP contribution in [-0.2, 0) is 13.1 Å². The topological polar surface area (TPSA) is 114 Å². The van der Waals surface area contributed by atoms with Gasteiger partial charge in [0.05, 0.1) is 12.7 Å². The smallest absolute Gasteiger partial charge is 0.280 e. The molecule has 1 fully saturated rings. The maximum Gasteiger partial charge on any atom is 0.280 e. The molecular weight excluding hydrogens is 392 g/mol. The lowest BCUT2D eigenvalue weighted by molar-refractivity contribution is 0.233. The van der Waals surface area contributed by atoms with Gasteiger partial charge in [0.1, 0.15) is 16.7 Å². The number of hydrogen-bond donors (Lipinski definition) is 3. The Labute approximate surface area is 181 Å². The van der Waals surface area contributed by atoms with Crippen LogP contribution in [0, 0.1) is 0 Å². The lowest BCUT2D eigenvalue weighted by Crippen LogP contribution is -2.42. The highest BCUT2D eigenvalue weighted by atomic mass is 16.1. The number of hydrogen-bond acceptors (Lipinski definition) is 8. The van der Waals surface area contributed by atoms with Crippen LogP contribution in [0.2, 0.25) is 0 Å². The predicted molar refractivity (Wildman–Crippen MR) is 123 cm³/mol. The number of piperazine rings is 1. The first-order valence-corrected chi connectivity index (χ1v) is 10.9. The van der Waals surface area contributed by atoms with E-state index < -0.39 is 0 Å². The second-order valence-electron chi connectivity index (χ2n) is 7.92. The van der Waals surface area contributed by atoms with Gasteiger partial charge in [-0.2, -0.15) is 10.1 Å². The van der Waals surface area contributed by atoms with E-state index in [1.807, 2.05) is 0 Å². The van der Waals surface area contributed by atoms with Crippen molar-refractivity contribution in [3.8, 4) is 0 Å². The molecule has 3 aromatic rings. The molecule has 0 spiro atoms. The Morgan fingerprint density at radius 3 is 2.52 bits per heavy atom. The molecule has 0 radical (unpaired) electrons.